The Kier molecular flexibility index (Phi) is 5.04. The fourth-order valence-electron chi connectivity index (χ4n) is 3.70. The first-order chi connectivity index (χ1) is 12.5. The van der Waals surface area contributed by atoms with Crippen molar-refractivity contribution in [3.05, 3.63) is 29.8 Å². The largest absolute Gasteiger partial charge is 0.388 e. The second-order valence-electron chi connectivity index (χ2n) is 6.83. The van der Waals surface area contributed by atoms with Gasteiger partial charge < -0.3 is 19.3 Å². The van der Waals surface area contributed by atoms with Crippen molar-refractivity contribution < 1.29 is 31.9 Å². The Morgan fingerprint density at radius 3 is 2.58 bits per heavy atom. The van der Waals surface area contributed by atoms with Crippen molar-refractivity contribution in [2.45, 2.75) is 42.5 Å². The highest BCUT2D eigenvalue weighted by Crippen LogP contribution is 2.34. The summed E-state index contributed by atoms with van der Waals surface area (Å²) in [6.07, 6.45) is -3.37. The predicted octanol–water partition coefficient (Wildman–Crippen LogP) is -0.114. The lowest BCUT2D eigenvalue weighted by Gasteiger charge is -2.44. The first-order valence-electron chi connectivity index (χ1n) is 8.72. The Labute approximate surface area is 152 Å². The molecule has 0 aromatic heterocycles. The lowest BCUT2D eigenvalue weighted by atomic mass is 9.96. The second-order valence-corrected chi connectivity index (χ2v) is 8.41. The maximum Gasteiger partial charge on any atom is 0.297 e. The van der Waals surface area contributed by atoms with Gasteiger partial charge in [0.1, 0.15) is 12.2 Å². The molecule has 26 heavy (non-hydrogen) atoms. The number of morpholine rings is 1. The van der Waals surface area contributed by atoms with Gasteiger partial charge in [0.2, 0.25) is 0 Å². The molecule has 0 saturated carbocycles. The minimum Gasteiger partial charge on any atom is -0.388 e. The highest BCUT2D eigenvalue weighted by Gasteiger charge is 2.54. The molecule has 3 heterocycles. The highest BCUT2D eigenvalue weighted by molar-refractivity contribution is 7.86. The van der Waals surface area contributed by atoms with Gasteiger partial charge >= 0.3 is 0 Å². The molecule has 3 unspecified atom stereocenters. The van der Waals surface area contributed by atoms with Crippen LogP contribution in [-0.2, 0) is 28.5 Å². The van der Waals surface area contributed by atoms with Crippen LogP contribution in [0.4, 0.5) is 0 Å². The van der Waals surface area contributed by atoms with E-state index in [1.165, 1.54) is 12.1 Å². The molecule has 2 bridgehead atoms. The molecule has 0 radical (unpaired) electrons. The molecule has 5 atom stereocenters. The molecule has 3 aliphatic rings. The van der Waals surface area contributed by atoms with E-state index in [0.717, 1.165) is 5.56 Å². The number of aliphatic hydroxyl groups excluding tert-OH is 1. The molecule has 1 aromatic rings. The van der Waals surface area contributed by atoms with Crippen molar-refractivity contribution in [1.29, 1.82) is 0 Å². The molecule has 9 heteroatoms. The molecule has 0 aliphatic carbocycles. The van der Waals surface area contributed by atoms with Gasteiger partial charge in [-0.1, -0.05) is 17.7 Å². The van der Waals surface area contributed by atoms with Crippen LogP contribution in [0.25, 0.3) is 0 Å². The molecular weight excluding hydrogens is 362 g/mol. The summed E-state index contributed by atoms with van der Waals surface area (Å²) in [4.78, 5) is 2.09. The maximum absolute atomic E-state index is 12.6. The number of benzene rings is 1. The van der Waals surface area contributed by atoms with Gasteiger partial charge in [0.05, 0.1) is 30.8 Å². The number of aliphatic hydroxyl groups is 1. The third-order valence-corrected chi connectivity index (χ3v) is 6.41. The molecule has 3 saturated heterocycles. The van der Waals surface area contributed by atoms with E-state index < -0.39 is 34.7 Å². The van der Waals surface area contributed by atoms with E-state index in [0.29, 0.717) is 32.9 Å². The molecular formula is C17H23NO7S. The number of fused-ring (bicyclic) bond motifs is 2. The Hall–Kier alpha value is -1.07. The van der Waals surface area contributed by atoms with Crippen LogP contribution in [0.2, 0.25) is 0 Å². The first-order valence-corrected chi connectivity index (χ1v) is 10.1. The Bertz CT molecular complexity index is 732. The fourth-order valence-corrected chi connectivity index (χ4v) is 4.78. The molecule has 0 spiro atoms. The van der Waals surface area contributed by atoms with Gasteiger partial charge in [-0.05, 0) is 19.1 Å². The van der Waals surface area contributed by atoms with Gasteiger partial charge in [-0.2, -0.15) is 8.42 Å². The van der Waals surface area contributed by atoms with Crippen LogP contribution >= 0.6 is 0 Å². The lowest BCUT2D eigenvalue weighted by Crippen LogP contribution is -2.63. The highest BCUT2D eigenvalue weighted by atomic mass is 32.2. The van der Waals surface area contributed by atoms with Crippen molar-refractivity contribution in [2.24, 2.45) is 0 Å². The van der Waals surface area contributed by atoms with E-state index in [9.17, 15) is 13.5 Å². The maximum atomic E-state index is 12.6. The summed E-state index contributed by atoms with van der Waals surface area (Å²) in [7, 11) is -4.05. The summed E-state index contributed by atoms with van der Waals surface area (Å²) in [6, 6.07) is 5.97. The third kappa shape index (κ3) is 3.40. The van der Waals surface area contributed by atoms with E-state index in [1.807, 2.05) is 6.92 Å². The third-order valence-electron chi connectivity index (χ3n) is 5.08. The average molecular weight is 385 g/mol. The molecule has 1 aromatic carbocycles. The summed E-state index contributed by atoms with van der Waals surface area (Å²) < 4.78 is 47.4. The Morgan fingerprint density at radius 2 is 1.88 bits per heavy atom. The van der Waals surface area contributed by atoms with Crippen LogP contribution in [0.15, 0.2) is 29.2 Å². The van der Waals surface area contributed by atoms with Gasteiger partial charge in [-0.25, -0.2) is 0 Å². The molecule has 4 rings (SSSR count). The monoisotopic (exact) mass is 385 g/mol. The summed E-state index contributed by atoms with van der Waals surface area (Å²) in [5.74, 6) is 0. The number of hydrogen-bond acceptors (Lipinski definition) is 8. The summed E-state index contributed by atoms with van der Waals surface area (Å²) in [5, 5.41) is 10.9. The van der Waals surface area contributed by atoms with E-state index in [1.54, 1.807) is 12.1 Å². The molecule has 0 amide bonds. The standard InChI is InChI=1S/C17H23NO7S/c1-11-2-4-12(5-3-11)26(20,21)25-16-15(19)14(13-10-23-17(16)24-13)18-6-8-22-9-7-18/h2-5,13-17,19H,6-10H2,1H3/t13?,14-,15?,16?,17-/m1/s1. The van der Waals surface area contributed by atoms with Crippen molar-refractivity contribution in [3.63, 3.8) is 0 Å². The van der Waals surface area contributed by atoms with Crippen LogP contribution in [0, 0.1) is 6.92 Å². The normalized spacial score (nSPS) is 35.5. The van der Waals surface area contributed by atoms with Crippen LogP contribution in [0.5, 0.6) is 0 Å². The topological polar surface area (TPSA) is 94.5 Å². The van der Waals surface area contributed by atoms with E-state index in [4.69, 9.17) is 18.4 Å². The van der Waals surface area contributed by atoms with Gasteiger partial charge in [-0.15, -0.1) is 0 Å². The van der Waals surface area contributed by atoms with Gasteiger partial charge in [0.25, 0.3) is 10.1 Å². The zero-order valence-corrected chi connectivity index (χ0v) is 15.3. The molecule has 8 nitrogen and oxygen atoms in total. The summed E-state index contributed by atoms with van der Waals surface area (Å²) >= 11 is 0. The number of ether oxygens (including phenoxy) is 3. The van der Waals surface area contributed by atoms with Crippen LogP contribution in [0.1, 0.15) is 5.56 Å². The van der Waals surface area contributed by atoms with Gasteiger partial charge in [0.15, 0.2) is 12.4 Å². The minimum atomic E-state index is -4.05. The van der Waals surface area contributed by atoms with E-state index in [-0.39, 0.29) is 11.0 Å². The van der Waals surface area contributed by atoms with Crippen molar-refractivity contribution in [2.75, 3.05) is 32.9 Å². The zero-order chi connectivity index (χ0) is 18.3. The average Bonchev–Trinajstić information content (AvgIpc) is 3.06. The van der Waals surface area contributed by atoms with Crippen LogP contribution in [0.3, 0.4) is 0 Å². The number of rotatable bonds is 4. The number of hydrogen-bond donors (Lipinski definition) is 1. The quantitative estimate of drug-likeness (QED) is 0.718. The summed E-state index contributed by atoms with van der Waals surface area (Å²) in [5.41, 5.74) is 0.944. The summed E-state index contributed by atoms with van der Waals surface area (Å²) in [6.45, 7) is 4.58. The smallest absolute Gasteiger partial charge is 0.297 e. The predicted molar refractivity (Wildman–Crippen MR) is 90.0 cm³/mol. The van der Waals surface area contributed by atoms with E-state index in [2.05, 4.69) is 4.90 Å². The number of nitrogens with zero attached hydrogens (tertiary/aromatic N) is 1. The molecule has 144 valence electrons. The minimum absolute atomic E-state index is 0.0401. The Morgan fingerprint density at radius 1 is 1.19 bits per heavy atom. The van der Waals surface area contributed by atoms with Crippen molar-refractivity contribution in [1.82, 2.24) is 4.90 Å². The molecule has 1 N–H and O–H groups in total. The van der Waals surface area contributed by atoms with E-state index >= 15 is 0 Å². The van der Waals surface area contributed by atoms with Gasteiger partial charge in [0, 0.05) is 13.1 Å². The number of aryl methyl sites for hydroxylation is 1. The molecule has 3 fully saturated rings. The fraction of sp³-hybridized carbons (Fsp3) is 0.647. The first kappa shape index (κ1) is 18.3. The van der Waals surface area contributed by atoms with Crippen molar-refractivity contribution >= 4 is 10.1 Å². The zero-order valence-electron chi connectivity index (χ0n) is 14.5. The Balaban J connectivity index is 1.56. The van der Waals surface area contributed by atoms with Crippen molar-refractivity contribution in [3.8, 4) is 0 Å². The molecule has 3 aliphatic heterocycles. The van der Waals surface area contributed by atoms with Crippen LogP contribution < -0.4 is 0 Å². The lowest BCUT2D eigenvalue weighted by molar-refractivity contribution is -0.211. The SMILES string of the molecule is Cc1ccc(S(=O)(=O)OC2C(O)[C@H](N3CCOCC3)C3CO[C@@H]2O3)cc1. The second kappa shape index (κ2) is 7.16. The van der Waals surface area contributed by atoms with Crippen LogP contribution in [-0.4, -0.2) is 82.0 Å². The van der Waals surface area contributed by atoms with Gasteiger partial charge in [-0.3, -0.25) is 9.08 Å².